The van der Waals surface area contributed by atoms with Crippen LogP contribution < -0.4 is 0 Å². The van der Waals surface area contributed by atoms with E-state index in [-0.39, 0.29) is 5.41 Å². The minimum atomic E-state index is 0.245. The molecule has 0 spiro atoms. The fraction of sp³-hybridized carbons (Fsp3) is 0.556. The minimum absolute atomic E-state index is 0.245. The van der Waals surface area contributed by atoms with Crippen LogP contribution in [0.2, 0.25) is 0 Å². The van der Waals surface area contributed by atoms with E-state index < -0.39 is 0 Å². The molecule has 0 aliphatic heterocycles. The van der Waals surface area contributed by atoms with Crippen molar-refractivity contribution in [3.63, 3.8) is 0 Å². The van der Waals surface area contributed by atoms with Crippen molar-refractivity contribution < 1.29 is 0 Å². The molecule has 0 fully saturated rings. The lowest BCUT2D eigenvalue weighted by Gasteiger charge is -2.29. The summed E-state index contributed by atoms with van der Waals surface area (Å²) in [4.78, 5) is 0. The molecule has 2 unspecified atom stereocenters. The maximum Gasteiger partial charge on any atom is 0.186 e. The van der Waals surface area contributed by atoms with Crippen molar-refractivity contribution in [3.05, 3.63) is 71.2 Å². The quantitative estimate of drug-likeness (QED) is 0.181. The van der Waals surface area contributed by atoms with Gasteiger partial charge in [-0.3, -0.25) is 0 Å². The summed E-state index contributed by atoms with van der Waals surface area (Å²) >= 11 is 0. The van der Waals surface area contributed by atoms with Crippen LogP contribution in [0.3, 0.4) is 0 Å². The number of hydrogen-bond donors (Lipinski definition) is 0. The van der Waals surface area contributed by atoms with Gasteiger partial charge in [0.25, 0.3) is 0 Å². The Balaban J connectivity index is 6.29. The summed E-state index contributed by atoms with van der Waals surface area (Å²) in [5.74, 6) is 0.682. The van der Waals surface area contributed by atoms with E-state index in [4.69, 9.17) is 0 Å². The highest BCUT2D eigenvalue weighted by molar-refractivity contribution is 6.55. The topological polar surface area (TPSA) is 0 Å². The zero-order valence-corrected chi connectivity index (χ0v) is 20.2. The maximum atomic E-state index is 4.33. The van der Waals surface area contributed by atoms with Crippen LogP contribution >= 0.6 is 0 Å². The zero-order chi connectivity index (χ0) is 21.9. The first kappa shape index (κ1) is 26.5. The predicted octanol–water partition coefficient (Wildman–Crippen LogP) is 8.62. The van der Waals surface area contributed by atoms with Crippen molar-refractivity contribution >= 4 is 7.28 Å². The Morgan fingerprint density at radius 3 is 2.11 bits per heavy atom. The van der Waals surface area contributed by atoms with Crippen LogP contribution in [-0.4, -0.2) is 7.28 Å². The van der Waals surface area contributed by atoms with E-state index >= 15 is 0 Å². The summed E-state index contributed by atoms with van der Waals surface area (Å²) < 4.78 is 0. The smallest absolute Gasteiger partial charge is 0.102 e. The lowest BCUT2D eigenvalue weighted by Crippen LogP contribution is -2.18. The van der Waals surface area contributed by atoms with E-state index in [0.717, 1.165) is 19.3 Å². The van der Waals surface area contributed by atoms with E-state index in [1.165, 1.54) is 27.7 Å². The van der Waals surface area contributed by atoms with E-state index in [1.54, 1.807) is 0 Å². The minimum Gasteiger partial charge on any atom is -0.102 e. The molecule has 2 atom stereocenters. The average molecular weight is 379 g/mol. The molecule has 1 radical (unpaired) electrons. The van der Waals surface area contributed by atoms with Crippen LogP contribution in [-0.2, 0) is 0 Å². The molecule has 155 valence electrons. The number of hydrogen-bond acceptors (Lipinski definition) is 0. The maximum absolute atomic E-state index is 4.33. The fourth-order valence-electron chi connectivity index (χ4n) is 3.30. The van der Waals surface area contributed by atoms with Crippen LogP contribution in [0.1, 0.15) is 81.6 Å². The van der Waals surface area contributed by atoms with Crippen molar-refractivity contribution in [2.45, 2.75) is 81.6 Å². The first-order chi connectivity index (χ1) is 13.1. The lowest BCUT2D eigenvalue weighted by molar-refractivity contribution is 0.368. The first-order valence-electron chi connectivity index (χ1n) is 11.0. The molecule has 0 bridgehead atoms. The molecular weight excluding hydrogens is 335 g/mol. The average Bonchev–Trinajstić information content (AvgIpc) is 2.72. The Hall–Kier alpha value is -1.50. The Kier molecular flexibility index (Phi) is 12.2. The molecule has 0 rings (SSSR count). The van der Waals surface area contributed by atoms with Crippen molar-refractivity contribution in [3.8, 4) is 0 Å². The van der Waals surface area contributed by atoms with Crippen LogP contribution in [0.15, 0.2) is 71.2 Å². The van der Waals surface area contributed by atoms with Crippen molar-refractivity contribution in [1.29, 1.82) is 0 Å². The van der Waals surface area contributed by atoms with E-state index in [9.17, 15) is 0 Å². The highest BCUT2D eigenvalue weighted by Gasteiger charge is 2.23. The Morgan fingerprint density at radius 2 is 1.68 bits per heavy atom. The highest BCUT2D eigenvalue weighted by atomic mass is 14.3. The summed E-state index contributed by atoms with van der Waals surface area (Å²) in [6.45, 7) is 28.6. The van der Waals surface area contributed by atoms with Crippen LogP contribution in [0.25, 0.3) is 0 Å². The predicted molar refractivity (Wildman–Crippen MR) is 132 cm³/mol. The molecule has 28 heavy (non-hydrogen) atoms. The molecule has 0 heterocycles. The SMILES string of the molecule is C=CC(C)/C(C)=C(/[B]C(=C/C=C\C)/C=C(\C)C(C)(CC)CC)C(C)C(=C)CC. The first-order valence-corrected chi connectivity index (χ1v) is 11.0. The lowest BCUT2D eigenvalue weighted by atomic mass is 9.55. The number of rotatable bonds is 12. The van der Waals surface area contributed by atoms with Gasteiger partial charge >= 0.3 is 0 Å². The molecule has 0 aromatic carbocycles. The summed E-state index contributed by atoms with van der Waals surface area (Å²) in [6.07, 6.45) is 14.2. The third-order valence-electron chi connectivity index (χ3n) is 6.72. The second kappa shape index (κ2) is 12.9. The summed E-state index contributed by atoms with van der Waals surface area (Å²) in [7, 11) is 2.37. The third-order valence-corrected chi connectivity index (χ3v) is 6.72. The number of allylic oxidation sites excluding steroid dienone is 10. The van der Waals surface area contributed by atoms with Gasteiger partial charge in [-0.1, -0.05) is 106 Å². The van der Waals surface area contributed by atoms with Gasteiger partial charge in [-0.15, -0.1) is 6.58 Å². The van der Waals surface area contributed by atoms with E-state index in [2.05, 4.69) is 107 Å². The monoisotopic (exact) mass is 379 g/mol. The molecule has 0 amide bonds. The standard InChI is InChI=1S/C27H44B/c1-12-17-18-25(19-22(8)27(11,15-4)16-5)28-26(23(9)20(6)13-2)24(10)21(7)14-3/h12-13,17-20,24H,2,7,14-16H2,1,3-6,8-11H3/b17-12-,22-19+,25-18+,26-23+. The fourth-order valence-corrected chi connectivity index (χ4v) is 3.30. The molecule has 1 heteroatoms. The zero-order valence-electron chi connectivity index (χ0n) is 20.2. The molecule has 0 aromatic heterocycles. The highest BCUT2D eigenvalue weighted by Crippen LogP contribution is 2.35. The summed E-state index contributed by atoms with van der Waals surface area (Å²) in [6, 6.07) is 0. The van der Waals surface area contributed by atoms with Crippen LogP contribution in [0.4, 0.5) is 0 Å². The van der Waals surface area contributed by atoms with E-state index in [1.807, 2.05) is 6.08 Å². The largest absolute Gasteiger partial charge is 0.186 e. The normalized spacial score (nSPS) is 16.6. The Labute approximate surface area is 177 Å². The van der Waals surface area contributed by atoms with Gasteiger partial charge in [-0.25, -0.2) is 0 Å². The molecule has 0 aromatic rings. The van der Waals surface area contributed by atoms with Crippen molar-refractivity contribution in [2.24, 2.45) is 17.3 Å². The van der Waals surface area contributed by atoms with Gasteiger partial charge in [0.15, 0.2) is 7.28 Å². The van der Waals surface area contributed by atoms with Crippen molar-refractivity contribution in [1.82, 2.24) is 0 Å². The van der Waals surface area contributed by atoms with Crippen LogP contribution in [0, 0.1) is 17.3 Å². The Morgan fingerprint density at radius 1 is 1.11 bits per heavy atom. The molecule has 0 saturated carbocycles. The van der Waals surface area contributed by atoms with E-state index in [0.29, 0.717) is 11.8 Å². The molecule has 0 saturated heterocycles. The van der Waals surface area contributed by atoms with Gasteiger partial charge in [0, 0.05) is 0 Å². The van der Waals surface area contributed by atoms with Gasteiger partial charge < -0.3 is 0 Å². The summed E-state index contributed by atoms with van der Waals surface area (Å²) in [5.41, 5.74) is 6.97. The third kappa shape index (κ3) is 7.49. The summed E-state index contributed by atoms with van der Waals surface area (Å²) in [5, 5.41) is 0. The second-order valence-corrected chi connectivity index (χ2v) is 8.33. The molecule has 0 N–H and O–H groups in total. The Bertz CT molecular complexity index is 635. The molecule has 0 nitrogen and oxygen atoms in total. The van der Waals surface area contributed by atoms with Gasteiger partial charge in [0.2, 0.25) is 0 Å². The van der Waals surface area contributed by atoms with Crippen molar-refractivity contribution in [2.75, 3.05) is 0 Å². The van der Waals surface area contributed by atoms with Gasteiger partial charge in [-0.05, 0) is 57.3 Å². The van der Waals surface area contributed by atoms with Gasteiger partial charge in [0.05, 0.1) is 0 Å². The molecule has 0 aliphatic rings. The van der Waals surface area contributed by atoms with Crippen LogP contribution in [0.5, 0.6) is 0 Å². The van der Waals surface area contributed by atoms with Gasteiger partial charge in [0.1, 0.15) is 0 Å². The molecular formula is C27H44B. The molecule has 0 aliphatic carbocycles. The van der Waals surface area contributed by atoms with Gasteiger partial charge in [-0.2, -0.15) is 0 Å². The second-order valence-electron chi connectivity index (χ2n) is 8.33.